The Morgan fingerprint density at radius 1 is 0.692 bits per heavy atom. The minimum Gasteiger partial charge on any atom is -0.504 e. The molecule has 0 aliphatic carbocycles. The molecule has 198 valence electrons. The fraction of sp³-hybridized carbons (Fsp3) is 0.0714. The molecule has 4 aromatic rings. The van der Waals surface area contributed by atoms with Gasteiger partial charge in [0.1, 0.15) is 0 Å². The molecule has 0 radical (unpaired) electrons. The van der Waals surface area contributed by atoms with E-state index in [4.69, 9.17) is 32.7 Å². The van der Waals surface area contributed by atoms with Crippen molar-refractivity contribution < 1.29 is 28.1 Å². The van der Waals surface area contributed by atoms with Crippen LogP contribution in [0.5, 0.6) is 23.0 Å². The maximum Gasteiger partial charge on any atom is 0.207 e. The topological polar surface area (TPSA) is 118 Å². The van der Waals surface area contributed by atoms with Gasteiger partial charge in [-0.25, -0.2) is 8.42 Å². The van der Waals surface area contributed by atoms with Crippen LogP contribution in [0.1, 0.15) is 11.1 Å². The van der Waals surface area contributed by atoms with Gasteiger partial charge in [-0.1, -0.05) is 35.3 Å². The van der Waals surface area contributed by atoms with Gasteiger partial charge in [0.05, 0.1) is 35.4 Å². The summed E-state index contributed by atoms with van der Waals surface area (Å²) >= 11 is 12.2. The number of phenolic OH excluding ortho intramolecular Hbond substituents is 2. The first kappa shape index (κ1) is 26.6. The van der Waals surface area contributed by atoms with Crippen molar-refractivity contribution in [3.63, 3.8) is 0 Å². The Morgan fingerprint density at radius 3 is 1.49 bits per heavy atom. The minimum atomic E-state index is -3.86. The minimum absolute atomic E-state index is 0.110. The summed E-state index contributed by atoms with van der Waals surface area (Å²) in [5, 5.41) is 21.4. The number of halogens is 2. The van der Waals surface area contributed by atoms with Crippen molar-refractivity contribution in [3.8, 4) is 34.1 Å². The van der Waals surface area contributed by atoms with E-state index in [1.165, 1.54) is 63.0 Å². The average molecular weight is 583 g/mol. The van der Waals surface area contributed by atoms with Gasteiger partial charge in [-0.05, 0) is 36.4 Å². The van der Waals surface area contributed by atoms with Crippen molar-refractivity contribution in [2.45, 2.75) is 9.79 Å². The highest BCUT2D eigenvalue weighted by Gasteiger charge is 2.33. The molecule has 0 saturated heterocycles. The number of fused-ring (bicyclic) bond motifs is 3. The third kappa shape index (κ3) is 4.92. The highest BCUT2D eigenvalue weighted by atomic mass is 35.5. The molecule has 4 aromatic carbocycles. The van der Waals surface area contributed by atoms with Gasteiger partial charge < -0.3 is 19.7 Å². The van der Waals surface area contributed by atoms with E-state index in [9.17, 15) is 18.6 Å². The van der Waals surface area contributed by atoms with E-state index in [1.807, 2.05) is 0 Å². The first-order valence-corrected chi connectivity index (χ1v) is 13.6. The van der Waals surface area contributed by atoms with Gasteiger partial charge in [0.25, 0.3) is 0 Å². The van der Waals surface area contributed by atoms with E-state index in [0.717, 1.165) is 0 Å². The molecular weight excluding hydrogens is 563 g/mol. The number of aliphatic imine (C=N–C) groups is 2. The largest absolute Gasteiger partial charge is 0.504 e. The van der Waals surface area contributed by atoms with E-state index in [2.05, 4.69) is 9.98 Å². The lowest BCUT2D eigenvalue weighted by molar-refractivity contribution is 0.373. The van der Waals surface area contributed by atoms with Crippen LogP contribution >= 0.6 is 23.2 Å². The maximum absolute atomic E-state index is 13.4. The molecule has 1 heterocycles. The fourth-order valence-electron chi connectivity index (χ4n) is 4.18. The molecule has 39 heavy (non-hydrogen) atoms. The third-order valence-electron chi connectivity index (χ3n) is 6.08. The Balaban J connectivity index is 1.47. The van der Waals surface area contributed by atoms with Gasteiger partial charge in [-0.15, -0.1) is 0 Å². The van der Waals surface area contributed by atoms with E-state index in [-0.39, 0.29) is 32.8 Å². The van der Waals surface area contributed by atoms with Crippen molar-refractivity contribution in [3.05, 3.63) is 81.8 Å². The second kappa shape index (κ2) is 10.3. The van der Waals surface area contributed by atoms with Gasteiger partial charge in [-0.3, -0.25) is 9.98 Å². The van der Waals surface area contributed by atoms with Gasteiger partial charge in [0, 0.05) is 56.9 Å². The summed E-state index contributed by atoms with van der Waals surface area (Å²) in [6.07, 6.45) is 2.76. The number of methoxy groups -OCH3 is 2. The van der Waals surface area contributed by atoms with Gasteiger partial charge >= 0.3 is 0 Å². The zero-order valence-corrected chi connectivity index (χ0v) is 22.8. The van der Waals surface area contributed by atoms with Crippen LogP contribution in [-0.4, -0.2) is 45.3 Å². The molecule has 0 aromatic heterocycles. The quantitative estimate of drug-likeness (QED) is 0.214. The number of hydrogen-bond acceptors (Lipinski definition) is 8. The van der Waals surface area contributed by atoms with Crippen LogP contribution in [0.4, 0.5) is 11.4 Å². The number of aromatic hydroxyl groups is 2. The number of phenols is 2. The van der Waals surface area contributed by atoms with Crippen molar-refractivity contribution in [2.24, 2.45) is 9.98 Å². The van der Waals surface area contributed by atoms with Crippen LogP contribution in [0.3, 0.4) is 0 Å². The van der Waals surface area contributed by atoms with Crippen LogP contribution in [0, 0.1) is 0 Å². The number of rotatable bonds is 6. The Bertz CT molecular complexity index is 1680. The number of benzene rings is 4. The SMILES string of the molecule is COc1cc(Cl)cc(C=Nc2ccc3c(c2)S(=O)(=O)c2cc(N=Cc4cc(Cl)cc(OC)c4O)ccc2-3)c1O. The molecule has 0 spiro atoms. The number of ether oxygens (including phenoxy) is 2. The molecule has 0 saturated carbocycles. The summed E-state index contributed by atoms with van der Waals surface area (Å²) in [5.74, 6) is 0.118. The van der Waals surface area contributed by atoms with Crippen LogP contribution in [0.15, 0.2) is 80.4 Å². The smallest absolute Gasteiger partial charge is 0.207 e. The zero-order valence-electron chi connectivity index (χ0n) is 20.5. The van der Waals surface area contributed by atoms with Crippen LogP contribution in [0.25, 0.3) is 11.1 Å². The Hall–Kier alpha value is -4.05. The normalized spacial score (nSPS) is 13.5. The monoisotopic (exact) mass is 582 g/mol. The zero-order chi connectivity index (χ0) is 27.9. The summed E-state index contributed by atoms with van der Waals surface area (Å²) < 4.78 is 37.1. The van der Waals surface area contributed by atoms with Crippen molar-refractivity contribution in [1.29, 1.82) is 0 Å². The van der Waals surface area contributed by atoms with E-state index in [1.54, 1.807) is 24.3 Å². The van der Waals surface area contributed by atoms with Crippen LogP contribution < -0.4 is 9.47 Å². The molecule has 11 heteroatoms. The molecule has 1 aliphatic heterocycles. The highest BCUT2D eigenvalue weighted by molar-refractivity contribution is 7.92. The van der Waals surface area contributed by atoms with Crippen LogP contribution in [-0.2, 0) is 9.84 Å². The Morgan fingerprint density at radius 2 is 1.10 bits per heavy atom. The number of nitrogens with zero attached hydrogens (tertiary/aromatic N) is 2. The predicted molar refractivity (Wildman–Crippen MR) is 151 cm³/mol. The molecule has 0 unspecified atom stereocenters. The maximum atomic E-state index is 13.4. The summed E-state index contributed by atoms with van der Waals surface area (Å²) in [7, 11) is -1.04. The summed E-state index contributed by atoms with van der Waals surface area (Å²) in [6.45, 7) is 0. The molecule has 0 fully saturated rings. The molecular formula is C28H20Cl2N2O6S. The first-order chi connectivity index (χ1) is 18.6. The molecule has 0 amide bonds. The van der Waals surface area contributed by atoms with Crippen molar-refractivity contribution >= 4 is 56.8 Å². The lowest BCUT2D eigenvalue weighted by atomic mass is 10.1. The number of sulfone groups is 1. The van der Waals surface area contributed by atoms with Gasteiger partial charge in [0.15, 0.2) is 23.0 Å². The lowest BCUT2D eigenvalue weighted by Crippen LogP contribution is -1.96. The van der Waals surface area contributed by atoms with Gasteiger partial charge in [-0.2, -0.15) is 0 Å². The second-order valence-electron chi connectivity index (χ2n) is 8.47. The fourth-order valence-corrected chi connectivity index (χ4v) is 6.33. The lowest BCUT2D eigenvalue weighted by Gasteiger charge is -2.06. The van der Waals surface area contributed by atoms with Gasteiger partial charge in [0.2, 0.25) is 9.84 Å². The summed E-state index contributed by atoms with van der Waals surface area (Å²) in [5.41, 5.74) is 2.46. The molecule has 0 bridgehead atoms. The molecule has 8 nitrogen and oxygen atoms in total. The first-order valence-electron chi connectivity index (χ1n) is 11.4. The third-order valence-corrected chi connectivity index (χ3v) is 8.35. The molecule has 0 atom stereocenters. The summed E-state index contributed by atoms with van der Waals surface area (Å²) in [6, 6.07) is 15.7. The predicted octanol–water partition coefficient (Wildman–Crippen LogP) is 6.74. The van der Waals surface area contributed by atoms with Crippen molar-refractivity contribution in [1.82, 2.24) is 0 Å². The van der Waals surface area contributed by atoms with E-state index >= 15 is 0 Å². The Labute approximate surface area is 234 Å². The van der Waals surface area contributed by atoms with Crippen molar-refractivity contribution in [2.75, 3.05) is 14.2 Å². The highest BCUT2D eigenvalue weighted by Crippen LogP contribution is 2.46. The number of hydrogen-bond donors (Lipinski definition) is 2. The van der Waals surface area contributed by atoms with E-state index < -0.39 is 9.84 Å². The van der Waals surface area contributed by atoms with Crippen LogP contribution in [0.2, 0.25) is 10.0 Å². The molecule has 1 aliphatic rings. The summed E-state index contributed by atoms with van der Waals surface area (Å²) in [4.78, 5) is 8.89. The standard InChI is InChI=1S/C28H20Cl2N2O6S/c1-37-23-9-17(29)7-15(27(23)33)13-31-19-3-5-21-22-6-4-20(12-26(22)39(35,36)25(21)11-19)32-14-16-8-18(30)10-24(38-2)28(16)34/h3-14,33-34H,1-2H3. The Kier molecular flexibility index (Phi) is 6.98. The van der Waals surface area contributed by atoms with E-state index in [0.29, 0.717) is 43.7 Å². The molecule has 2 N–H and O–H groups in total. The molecule has 5 rings (SSSR count). The second-order valence-corrected chi connectivity index (χ2v) is 11.2. The average Bonchev–Trinajstić information content (AvgIpc) is 3.14.